The molecule has 0 aliphatic carbocycles. The number of nitrogens with zero attached hydrogens (tertiary/aromatic N) is 2. The average molecular weight is 250 g/mol. The van der Waals surface area contributed by atoms with E-state index in [0.717, 1.165) is 18.5 Å². The minimum atomic E-state index is -0.309. The van der Waals surface area contributed by atoms with E-state index in [4.69, 9.17) is 4.74 Å². The molecule has 2 bridgehead atoms. The SMILES string of the molecule is CC(C)n1ccc(CC(O)C2CC3CCC2O3)n1. The summed E-state index contributed by atoms with van der Waals surface area (Å²) in [7, 11) is 0. The molecule has 1 N–H and O–H groups in total. The summed E-state index contributed by atoms with van der Waals surface area (Å²) >= 11 is 0. The van der Waals surface area contributed by atoms with Crippen LogP contribution in [0.4, 0.5) is 0 Å². The Bertz CT molecular complexity index is 416. The van der Waals surface area contributed by atoms with Gasteiger partial charge >= 0.3 is 0 Å². The lowest BCUT2D eigenvalue weighted by Gasteiger charge is -2.23. The highest BCUT2D eigenvalue weighted by atomic mass is 16.5. The van der Waals surface area contributed by atoms with Gasteiger partial charge in [-0.3, -0.25) is 4.68 Å². The highest BCUT2D eigenvalue weighted by molar-refractivity contribution is 5.04. The third-order valence-electron chi connectivity index (χ3n) is 4.26. The van der Waals surface area contributed by atoms with E-state index in [1.807, 2.05) is 16.9 Å². The van der Waals surface area contributed by atoms with Crippen LogP contribution in [-0.2, 0) is 11.2 Å². The van der Waals surface area contributed by atoms with Gasteiger partial charge < -0.3 is 9.84 Å². The van der Waals surface area contributed by atoms with Crippen molar-refractivity contribution < 1.29 is 9.84 Å². The fraction of sp³-hybridized carbons (Fsp3) is 0.786. The Morgan fingerprint density at radius 2 is 2.33 bits per heavy atom. The maximum atomic E-state index is 10.3. The molecule has 4 nitrogen and oxygen atoms in total. The first-order valence-corrected chi connectivity index (χ1v) is 7.01. The minimum absolute atomic E-state index is 0.289. The fourth-order valence-corrected chi connectivity index (χ4v) is 3.22. The number of hydrogen-bond acceptors (Lipinski definition) is 3. The molecule has 4 heteroatoms. The molecule has 4 atom stereocenters. The normalized spacial score (nSPS) is 32.3. The van der Waals surface area contributed by atoms with E-state index >= 15 is 0 Å². The lowest BCUT2D eigenvalue weighted by Crippen LogP contribution is -2.31. The Kier molecular flexibility index (Phi) is 3.16. The summed E-state index contributed by atoms with van der Waals surface area (Å²) in [5.74, 6) is 0.313. The molecule has 1 aromatic heterocycles. The molecule has 4 unspecified atom stereocenters. The lowest BCUT2D eigenvalue weighted by atomic mass is 9.84. The summed E-state index contributed by atoms with van der Waals surface area (Å²) in [6.07, 6.45) is 6.34. The molecule has 3 heterocycles. The fourth-order valence-electron chi connectivity index (χ4n) is 3.22. The standard InChI is InChI=1S/C14H22N2O2/c1-9(2)16-6-5-10(15-16)7-13(17)12-8-11-3-4-14(12)18-11/h5-6,9,11-14,17H,3-4,7-8H2,1-2H3. The Labute approximate surface area is 108 Å². The first-order valence-electron chi connectivity index (χ1n) is 7.01. The van der Waals surface area contributed by atoms with E-state index in [1.165, 1.54) is 6.42 Å². The second-order valence-electron chi connectivity index (χ2n) is 5.93. The first kappa shape index (κ1) is 12.2. The van der Waals surface area contributed by atoms with Gasteiger partial charge in [-0.05, 0) is 39.2 Å². The van der Waals surface area contributed by atoms with Crippen LogP contribution in [0.1, 0.15) is 44.8 Å². The predicted molar refractivity (Wildman–Crippen MR) is 68.3 cm³/mol. The average Bonchev–Trinajstić information content (AvgIpc) is 3.03. The van der Waals surface area contributed by atoms with Gasteiger partial charge in [-0.1, -0.05) is 0 Å². The molecule has 1 aromatic rings. The van der Waals surface area contributed by atoms with Crippen LogP contribution in [0.15, 0.2) is 12.3 Å². The van der Waals surface area contributed by atoms with Crippen molar-refractivity contribution in [3.05, 3.63) is 18.0 Å². The van der Waals surface area contributed by atoms with Crippen LogP contribution in [0.2, 0.25) is 0 Å². The van der Waals surface area contributed by atoms with Crippen LogP contribution >= 0.6 is 0 Å². The van der Waals surface area contributed by atoms with Crippen molar-refractivity contribution in [1.29, 1.82) is 0 Å². The van der Waals surface area contributed by atoms with E-state index in [-0.39, 0.29) is 12.2 Å². The molecule has 3 rings (SSSR count). The van der Waals surface area contributed by atoms with Gasteiger partial charge in [0, 0.05) is 24.6 Å². The maximum Gasteiger partial charge on any atom is 0.0650 e. The van der Waals surface area contributed by atoms with Crippen LogP contribution in [0.25, 0.3) is 0 Å². The molecule has 18 heavy (non-hydrogen) atoms. The predicted octanol–water partition coefficient (Wildman–Crippen LogP) is 1.93. The number of fused-ring (bicyclic) bond motifs is 2. The second kappa shape index (κ2) is 4.67. The highest BCUT2D eigenvalue weighted by Crippen LogP contribution is 2.40. The highest BCUT2D eigenvalue weighted by Gasteiger charge is 2.43. The monoisotopic (exact) mass is 250 g/mol. The van der Waals surface area contributed by atoms with Crippen LogP contribution in [-0.4, -0.2) is 33.2 Å². The summed E-state index contributed by atoms with van der Waals surface area (Å²) < 4.78 is 7.75. The van der Waals surface area contributed by atoms with Crippen molar-refractivity contribution in [2.75, 3.05) is 0 Å². The van der Waals surface area contributed by atoms with E-state index in [1.54, 1.807) is 0 Å². The van der Waals surface area contributed by atoms with Crippen molar-refractivity contribution in [2.45, 2.75) is 63.9 Å². The number of rotatable bonds is 4. The van der Waals surface area contributed by atoms with Crippen LogP contribution in [0.3, 0.4) is 0 Å². The lowest BCUT2D eigenvalue weighted by molar-refractivity contribution is 0.0427. The van der Waals surface area contributed by atoms with Gasteiger partial charge in [-0.15, -0.1) is 0 Å². The Morgan fingerprint density at radius 1 is 1.50 bits per heavy atom. The first-order chi connectivity index (χ1) is 8.63. The molecule has 0 radical (unpaired) electrons. The maximum absolute atomic E-state index is 10.3. The second-order valence-corrected chi connectivity index (χ2v) is 5.93. The van der Waals surface area contributed by atoms with E-state index in [2.05, 4.69) is 18.9 Å². The van der Waals surface area contributed by atoms with Gasteiger partial charge in [0.15, 0.2) is 0 Å². The van der Waals surface area contributed by atoms with Gasteiger partial charge in [0.2, 0.25) is 0 Å². The molecule has 0 aromatic carbocycles. The smallest absolute Gasteiger partial charge is 0.0650 e. The summed E-state index contributed by atoms with van der Waals surface area (Å²) in [4.78, 5) is 0. The molecule has 100 valence electrons. The quantitative estimate of drug-likeness (QED) is 0.888. The van der Waals surface area contributed by atoms with Crippen molar-refractivity contribution in [3.63, 3.8) is 0 Å². The molecule has 2 saturated heterocycles. The zero-order chi connectivity index (χ0) is 12.7. The molecule has 2 fully saturated rings. The molecular weight excluding hydrogens is 228 g/mol. The Morgan fingerprint density at radius 3 is 2.89 bits per heavy atom. The number of ether oxygens (including phenoxy) is 1. The number of aromatic nitrogens is 2. The zero-order valence-corrected chi connectivity index (χ0v) is 11.1. The third kappa shape index (κ3) is 2.19. The third-order valence-corrected chi connectivity index (χ3v) is 4.26. The summed E-state index contributed by atoms with van der Waals surface area (Å²) in [5, 5.41) is 14.8. The van der Waals surface area contributed by atoms with Crippen LogP contribution < -0.4 is 0 Å². The Hall–Kier alpha value is -0.870. The van der Waals surface area contributed by atoms with Gasteiger partial charge in [-0.25, -0.2) is 0 Å². The van der Waals surface area contributed by atoms with E-state index < -0.39 is 0 Å². The van der Waals surface area contributed by atoms with Crippen LogP contribution in [0, 0.1) is 5.92 Å². The number of aliphatic hydroxyl groups is 1. The number of hydrogen-bond donors (Lipinski definition) is 1. The van der Waals surface area contributed by atoms with Gasteiger partial charge in [0.05, 0.1) is 24.0 Å². The van der Waals surface area contributed by atoms with Crippen molar-refractivity contribution in [1.82, 2.24) is 9.78 Å². The minimum Gasteiger partial charge on any atom is -0.392 e. The zero-order valence-electron chi connectivity index (χ0n) is 11.1. The topological polar surface area (TPSA) is 47.3 Å². The number of aliphatic hydroxyl groups excluding tert-OH is 1. The molecular formula is C14H22N2O2. The van der Waals surface area contributed by atoms with Crippen molar-refractivity contribution in [2.24, 2.45) is 5.92 Å². The Balaban J connectivity index is 1.61. The largest absolute Gasteiger partial charge is 0.392 e. The summed E-state index contributed by atoms with van der Waals surface area (Å²) in [6, 6.07) is 2.39. The molecule has 2 aliphatic heterocycles. The molecule has 2 aliphatic rings. The molecule has 0 spiro atoms. The van der Waals surface area contributed by atoms with E-state index in [9.17, 15) is 5.11 Å². The van der Waals surface area contributed by atoms with Crippen LogP contribution in [0.5, 0.6) is 0 Å². The van der Waals surface area contributed by atoms with Gasteiger partial charge in [0.25, 0.3) is 0 Å². The van der Waals surface area contributed by atoms with Crippen molar-refractivity contribution in [3.8, 4) is 0 Å². The summed E-state index contributed by atoms with van der Waals surface area (Å²) in [6.45, 7) is 4.22. The summed E-state index contributed by atoms with van der Waals surface area (Å²) in [5.41, 5.74) is 0.985. The van der Waals surface area contributed by atoms with Crippen molar-refractivity contribution >= 4 is 0 Å². The van der Waals surface area contributed by atoms with Gasteiger partial charge in [0.1, 0.15) is 0 Å². The molecule has 0 amide bonds. The molecule has 0 saturated carbocycles. The van der Waals surface area contributed by atoms with E-state index in [0.29, 0.717) is 24.5 Å². The van der Waals surface area contributed by atoms with Gasteiger partial charge in [-0.2, -0.15) is 5.10 Å².